The van der Waals surface area contributed by atoms with Gasteiger partial charge >= 0.3 is 5.97 Å². The van der Waals surface area contributed by atoms with Crippen LogP contribution in [0.4, 0.5) is 0 Å². The van der Waals surface area contributed by atoms with Crippen LogP contribution in [0.25, 0.3) is 22.2 Å². The molecular weight excluding hydrogens is 440 g/mol. The number of hydrogen-bond donors (Lipinski definition) is 1. The van der Waals surface area contributed by atoms with Crippen molar-refractivity contribution < 1.29 is 14.7 Å². The van der Waals surface area contributed by atoms with Gasteiger partial charge < -0.3 is 5.11 Å². The van der Waals surface area contributed by atoms with Gasteiger partial charge in [-0.3, -0.25) is 19.6 Å². The zero-order valence-electron chi connectivity index (χ0n) is 19.0. The standard InChI is InChI=1S/C28H24N4O3/c33-26(34)13-16-35-32-28(19-9-12-24-25(17-19)30-15-14-29-24)23-11-10-21-20(18-5-2-1-3-6-18)7-4-8-22(21)27(23)31-32/h1-9,12,14-15,17,23,28H,10-11,13,16H2,(H,33,34). The van der Waals surface area contributed by atoms with Crippen molar-refractivity contribution in [2.24, 2.45) is 11.0 Å². The van der Waals surface area contributed by atoms with Crippen LogP contribution in [0.15, 0.2) is 84.2 Å². The molecule has 4 aromatic rings. The Labute approximate surface area is 202 Å². The van der Waals surface area contributed by atoms with Crippen molar-refractivity contribution >= 4 is 22.7 Å². The molecule has 1 aromatic heterocycles. The Hall–Kier alpha value is -4.10. The van der Waals surface area contributed by atoms with Crippen LogP contribution in [-0.4, -0.2) is 38.5 Å². The fraction of sp³-hybridized carbons (Fsp3) is 0.214. The maximum absolute atomic E-state index is 11.1. The summed E-state index contributed by atoms with van der Waals surface area (Å²) in [5.41, 5.74) is 8.51. The van der Waals surface area contributed by atoms with Crippen molar-refractivity contribution in [3.05, 3.63) is 95.8 Å². The number of fused-ring (bicyclic) bond motifs is 4. The van der Waals surface area contributed by atoms with Crippen LogP contribution >= 0.6 is 0 Å². The van der Waals surface area contributed by atoms with Crippen LogP contribution < -0.4 is 0 Å². The highest BCUT2D eigenvalue weighted by atomic mass is 16.7. The molecule has 0 radical (unpaired) electrons. The maximum Gasteiger partial charge on any atom is 0.305 e. The molecule has 3 aromatic carbocycles. The number of nitrogens with zero attached hydrogens (tertiary/aromatic N) is 4. The first-order chi connectivity index (χ1) is 17.2. The van der Waals surface area contributed by atoms with Crippen molar-refractivity contribution in [3.63, 3.8) is 0 Å². The molecule has 6 rings (SSSR count). The first-order valence-electron chi connectivity index (χ1n) is 11.8. The number of aromatic nitrogens is 2. The second kappa shape index (κ2) is 8.92. The van der Waals surface area contributed by atoms with Gasteiger partial charge in [0.1, 0.15) is 6.04 Å². The molecule has 7 heteroatoms. The van der Waals surface area contributed by atoms with E-state index in [1.165, 1.54) is 16.7 Å². The third-order valence-corrected chi connectivity index (χ3v) is 6.79. The molecule has 1 N–H and O–H groups in total. The first-order valence-corrected chi connectivity index (χ1v) is 11.8. The Morgan fingerprint density at radius 3 is 2.60 bits per heavy atom. The molecule has 2 unspecified atom stereocenters. The van der Waals surface area contributed by atoms with E-state index in [2.05, 4.69) is 52.4 Å². The highest BCUT2D eigenvalue weighted by Crippen LogP contribution is 2.45. The normalized spacial score (nSPS) is 18.7. The molecule has 0 amide bonds. The average molecular weight is 465 g/mol. The van der Waals surface area contributed by atoms with Gasteiger partial charge in [-0.2, -0.15) is 10.3 Å². The number of hydroxylamine groups is 1. The van der Waals surface area contributed by atoms with Crippen LogP contribution in [0, 0.1) is 5.92 Å². The van der Waals surface area contributed by atoms with E-state index in [4.69, 9.17) is 15.0 Å². The van der Waals surface area contributed by atoms with Crippen molar-refractivity contribution in [2.45, 2.75) is 25.3 Å². The molecule has 0 bridgehead atoms. The number of aliphatic carboxylic acids is 1. The molecule has 0 fully saturated rings. The molecule has 2 atom stereocenters. The Kier molecular flexibility index (Phi) is 5.47. The molecular formula is C28H24N4O3. The summed E-state index contributed by atoms with van der Waals surface area (Å²) in [5.74, 6) is -0.780. The lowest BCUT2D eigenvalue weighted by Gasteiger charge is -2.30. The highest BCUT2D eigenvalue weighted by Gasteiger charge is 2.43. The molecule has 174 valence electrons. The van der Waals surface area contributed by atoms with Gasteiger partial charge in [0.15, 0.2) is 0 Å². The lowest BCUT2D eigenvalue weighted by Crippen LogP contribution is -2.29. The monoisotopic (exact) mass is 464 g/mol. The Bertz CT molecular complexity index is 1440. The molecule has 7 nitrogen and oxygen atoms in total. The van der Waals surface area contributed by atoms with Crippen LogP contribution in [0.1, 0.15) is 35.6 Å². The lowest BCUT2D eigenvalue weighted by molar-refractivity contribution is -0.190. The minimum absolute atomic E-state index is 0.0552. The fourth-order valence-electron chi connectivity index (χ4n) is 5.24. The first kappa shape index (κ1) is 21.4. The average Bonchev–Trinajstić information content (AvgIpc) is 3.27. The SMILES string of the molecule is O=C(O)CCON1N=C2c3cccc(-c4ccccc4)c3CCC2C1c1ccc2nccnc2c1. The molecule has 2 aliphatic rings. The molecule has 35 heavy (non-hydrogen) atoms. The van der Waals surface area contributed by atoms with E-state index in [9.17, 15) is 4.79 Å². The summed E-state index contributed by atoms with van der Waals surface area (Å²) in [6.07, 6.45) is 5.12. The molecule has 0 saturated heterocycles. The summed E-state index contributed by atoms with van der Waals surface area (Å²) in [5, 5.41) is 15.6. The van der Waals surface area contributed by atoms with E-state index < -0.39 is 5.97 Å². The summed E-state index contributed by atoms with van der Waals surface area (Å²) in [7, 11) is 0. The van der Waals surface area contributed by atoms with Gasteiger partial charge in [0, 0.05) is 23.9 Å². The largest absolute Gasteiger partial charge is 0.481 e. The fourth-order valence-corrected chi connectivity index (χ4v) is 5.24. The quantitative estimate of drug-likeness (QED) is 0.431. The molecule has 1 aliphatic heterocycles. The maximum atomic E-state index is 11.1. The van der Waals surface area contributed by atoms with E-state index in [0.717, 1.165) is 40.7 Å². The summed E-state index contributed by atoms with van der Waals surface area (Å²) >= 11 is 0. The number of rotatable bonds is 6. The third-order valence-electron chi connectivity index (χ3n) is 6.79. The topological polar surface area (TPSA) is 87.9 Å². The van der Waals surface area contributed by atoms with Crippen molar-refractivity contribution in [3.8, 4) is 11.1 Å². The van der Waals surface area contributed by atoms with Crippen molar-refractivity contribution in [2.75, 3.05) is 6.61 Å². The number of carboxylic acids is 1. The van der Waals surface area contributed by atoms with E-state index in [-0.39, 0.29) is 25.0 Å². The van der Waals surface area contributed by atoms with Crippen LogP contribution in [0.2, 0.25) is 0 Å². The number of benzene rings is 3. The van der Waals surface area contributed by atoms with E-state index in [1.54, 1.807) is 17.6 Å². The Balaban J connectivity index is 1.41. The number of carboxylic acid groups (broad SMARTS) is 1. The number of hydrogen-bond acceptors (Lipinski definition) is 6. The number of hydrazone groups is 1. The van der Waals surface area contributed by atoms with Gasteiger partial charge in [-0.05, 0) is 47.2 Å². The van der Waals surface area contributed by atoms with E-state index >= 15 is 0 Å². The van der Waals surface area contributed by atoms with E-state index in [1.807, 2.05) is 24.3 Å². The van der Waals surface area contributed by atoms with Crippen LogP contribution in [-0.2, 0) is 16.1 Å². The van der Waals surface area contributed by atoms with E-state index in [0.29, 0.717) is 0 Å². The van der Waals surface area contributed by atoms with Crippen LogP contribution in [0.3, 0.4) is 0 Å². The second-order valence-corrected chi connectivity index (χ2v) is 8.86. The Morgan fingerprint density at radius 2 is 1.77 bits per heavy atom. The summed E-state index contributed by atoms with van der Waals surface area (Å²) in [6.45, 7) is 0.0552. The predicted molar refractivity (Wildman–Crippen MR) is 133 cm³/mol. The smallest absolute Gasteiger partial charge is 0.305 e. The third kappa shape index (κ3) is 3.94. The minimum atomic E-state index is -0.898. The lowest BCUT2D eigenvalue weighted by atomic mass is 9.75. The zero-order valence-corrected chi connectivity index (χ0v) is 19.0. The number of carbonyl (C=O) groups is 1. The van der Waals surface area contributed by atoms with Gasteiger partial charge in [-0.25, -0.2) is 0 Å². The van der Waals surface area contributed by atoms with Gasteiger partial charge in [0.2, 0.25) is 0 Å². The van der Waals surface area contributed by atoms with Gasteiger partial charge in [-0.15, -0.1) is 0 Å². The van der Waals surface area contributed by atoms with Crippen LogP contribution in [0.5, 0.6) is 0 Å². The molecule has 0 spiro atoms. The van der Waals surface area contributed by atoms with Crippen molar-refractivity contribution in [1.29, 1.82) is 0 Å². The van der Waals surface area contributed by atoms with Gasteiger partial charge in [0.05, 0.1) is 29.8 Å². The molecule has 1 aliphatic carbocycles. The van der Waals surface area contributed by atoms with Crippen molar-refractivity contribution in [1.82, 2.24) is 15.1 Å². The molecule has 0 saturated carbocycles. The van der Waals surface area contributed by atoms with Gasteiger partial charge in [-0.1, -0.05) is 54.6 Å². The Morgan fingerprint density at radius 1 is 0.971 bits per heavy atom. The predicted octanol–water partition coefficient (Wildman–Crippen LogP) is 5.03. The van der Waals surface area contributed by atoms with Gasteiger partial charge in [0.25, 0.3) is 0 Å². The zero-order chi connectivity index (χ0) is 23.8. The highest BCUT2D eigenvalue weighted by molar-refractivity contribution is 6.07. The summed E-state index contributed by atoms with van der Waals surface area (Å²) in [6, 6.07) is 22.7. The summed E-state index contributed by atoms with van der Waals surface area (Å²) < 4.78 is 0. The second-order valence-electron chi connectivity index (χ2n) is 8.86. The summed E-state index contributed by atoms with van der Waals surface area (Å²) in [4.78, 5) is 25.9. The minimum Gasteiger partial charge on any atom is -0.481 e. The molecule has 2 heterocycles.